The van der Waals surface area contributed by atoms with Gasteiger partial charge in [0.1, 0.15) is 5.82 Å². The van der Waals surface area contributed by atoms with Crippen LogP contribution in [-0.2, 0) is 11.2 Å². The number of aromatic nitrogens is 2. The van der Waals surface area contributed by atoms with Crippen molar-refractivity contribution in [3.63, 3.8) is 0 Å². The second-order valence-corrected chi connectivity index (χ2v) is 5.69. The van der Waals surface area contributed by atoms with Crippen LogP contribution < -0.4 is 10.6 Å². The highest BCUT2D eigenvalue weighted by atomic mass is 32.1. The van der Waals surface area contributed by atoms with Gasteiger partial charge in [-0.15, -0.1) is 0 Å². The number of aryl methyl sites for hydroxylation is 1. The molecule has 5 nitrogen and oxygen atoms in total. The molecule has 2 rings (SSSR count). The summed E-state index contributed by atoms with van der Waals surface area (Å²) < 4.78 is 10.2. The van der Waals surface area contributed by atoms with Crippen molar-refractivity contribution in [1.82, 2.24) is 9.36 Å². The predicted octanol–water partition coefficient (Wildman–Crippen LogP) is 1.04. The number of ether oxygens (including phenoxy) is 1. The quantitative estimate of drug-likeness (QED) is 0.875. The highest BCUT2D eigenvalue weighted by Gasteiger charge is 2.34. The molecule has 2 heterocycles. The van der Waals surface area contributed by atoms with Crippen LogP contribution in [-0.4, -0.2) is 40.7 Å². The lowest BCUT2D eigenvalue weighted by Gasteiger charge is -2.42. The number of nitrogens with two attached hydrogens (primary N) is 1. The Hall–Kier alpha value is -0.720. The van der Waals surface area contributed by atoms with Crippen molar-refractivity contribution >= 4 is 16.7 Å². The van der Waals surface area contributed by atoms with Gasteiger partial charge in [-0.05, 0) is 13.8 Å². The van der Waals surface area contributed by atoms with Crippen LogP contribution in [0.5, 0.6) is 0 Å². The van der Waals surface area contributed by atoms with Crippen LogP contribution in [0, 0.1) is 0 Å². The molecule has 0 amide bonds. The topological polar surface area (TPSA) is 64.3 Å². The van der Waals surface area contributed by atoms with E-state index in [4.69, 9.17) is 10.5 Å². The van der Waals surface area contributed by atoms with Gasteiger partial charge in [-0.1, -0.05) is 6.92 Å². The maximum Gasteiger partial charge on any atom is 0.205 e. The average molecular weight is 256 g/mol. The first kappa shape index (κ1) is 12.7. The zero-order chi connectivity index (χ0) is 12.5. The fourth-order valence-corrected chi connectivity index (χ4v) is 2.84. The summed E-state index contributed by atoms with van der Waals surface area (Å²) in [7, 11) is 0. The first-order chi connectivity index (χ1) is 8.04. The van der Waals surface area contributed by atoms with Crippen molar-refractivity contribution in [2.45, 2.75) is 38.9 Å². The van der Waals surface area contributed by atoms with Crippen LogP contribution in [0.15, 0.2) is 0 Å². The van der Waals surface area contributed by atoms with Gasteiger partial charge in [-0.3, -0.25) is 0 Å². The molecule has 96 valence electrons. The van der Waals surface area contributed by atoms with Gasteiger partial charge >= 0.3 is 0 Å². The van der Waals surface area contributed by atoms with E-state index in [-0.39, 0.29) is 11.7 Å². The van der Waals surface area contributed by atoms with E-state index in [1.165, 1.54) is 11.5 Å². The molecule has 1 aromatic rings. The third-order valence-electron chi connectivity index (χ3n) is 2.79. The summed E-state index contributed by atoms with van der Waals surface area (Å²) in [4.78, 5) is 6.76. The molecule has 0 spiro atoms. The third kappa shape index (κ3) is 2.94. The smallest absolute Gasteiger partial charge is 0.205 e. The van der Waals surface area contributed by atoms with E-state index in [0.717, 1.165) is 30.5 Å². The van der Waals surface area contributed by atoms with Crippen LogP contribution >= 0.6 is 11.5 Å². The number of rotatable bonds is 3. The van der Waals surface area contributed by atoms with E-state index in [1.54, 1.807) is 0 Å². The summed E-state index contributed by atoms with van der Waals surface area (Å²) in [6.07, 6.45) is 0.956. The Morgan fingerprint density at radius 3 is 2.94 bits per heavy atom. The first-order valence-corrected chi connectivity index (χ1v) is 6.77. The average Bonchev–Trinajstić information content (AvgIpc) is 2.75. The molecule has 1 aromatic heterocycles. The first-order valence-electron chi connectivity index (χ1n) is 5.99. The van der Waals surface area contributed by atoms with Crippen LogP contribution in [0.2, 0.25) is 0 Å². The lowest BCUT2D eigenvalue weighted by atomic mass is 10.1. The Kier molecular flexibility index (Phi) is 3.65. The summed E-state index contributed by atoms with van der Waals surface area (Å²) in [5.41, 5.74) is 5.53. The van der Waals surface area contributed by atoms with Gasteiger partial charge in [-0.2, -0.15) is 4.37 Å². The van der Waals surface area contributed by atoms with Crippen molar-refractivity contribution in [3.8, 4) is 0 Å². The third-order valence-corrected chi connectivity index (χ3v) is 3.60. The molecule has 0 bridgehead atoms. The Morgan fingerprint density at radius 1 is 1.59 bits per heavy atom. The normalized spacial score (nSPS) is 24.0. The highest BCUT2D eigenvalue weighted by molar-refractivity contribution is 7.09. The maximum atomic E-state index is 5.90. The fraction of sp³-hybridized carbons (Fsp3) is 0.818. The van der Waals surface area contributed by atoms with Crippen LogP contribution in [0.4, 0.5) is 5.13 Å². The second kappa shape index (κ2) is 4.88. The predicted molar refractivity (Wildman–Crippen MR) is 69.5 cm³/mol. The fourth-order valence-electron chi connectivity index (χ4n) is 2.08. The standard InChI is InChI=1S/C11H20N4OS/c1-4-9-13-10(17-14-9)15-6-8(5-12)16-11(2,3)7-15/h8H,4-7,12H2,1-3H3. The SMILES string of the molecule is CCc1nsc(N2CC(CN)OC(C)(C)C2)n1. The Balaban J connectivity index is 2.14. The maximum absolute atomic E-state index is 5.90. The van der Waals surface area contributed by atoms with Gasteiger partial charge in [0.15, 0.2) is 0 Å². The molecule has 1 atom stereocenters. The molecule has 2 N–H and O–H groups in total. The molecule has 0 aliphatic carbocycles. The molecule has 1 fully saturated rings. The van der Waals surface area contributed by atoms with E-state index in [2.05, 4.69) is 35.0 Å². The summed E-state index contributed by atoms with van der Waals surface area (Å²) >= 11 is 1.46. The molecule has 1 unspecified atom stereocenters. The van der Waals surface area contributed by atoms with Crippen LogP contribution in [0.1, 0.15) is 26.6 Å². The molecule has 0 aromatic carbocycles. The van der Waals surface area contributed by atoms with E-state index >= 15 is 0 Å². The molecular formula is C11H20N4OS. The van der Waals surface area contributed by atoms with Crippen LogP contribution in [0.3, 0.4) is 0 Å². The Morgan fingerprint density at radius 2 is 2.35 bits per heavy atom. The molecule has 1 aliphatic rings. The summed E-state index contributed by atoms with van der Waals surface area (Å²) in [6, 6.07) is 0. The Labute approximate surface area is 106 Å². The number of hydrogen-bond acceptors (Lipinski definition) is 6. The van der Waals surface area contributed by atoms with Crippen molar-refractivity contribution < 1.29 is 4.74 Å². The second-order valence-electron chi connectivity index (χ2n) is 4.96. The van der Waals surface area contributed by atoms with E-state index in [9.17, 15) is 0 Å². The van der Waals surface area contributed by atoms with Crippen molar-refractivity contribution in [1.29, 1.82) is 0 Å². The molecule has 6 heteroatoms. The number of morpholine rings is 1. The minimum atomic E-state index is -0.180. The van der Waals surface area contributed by atoms with Gasteiger partial charge in [0.2, 0.25) is 5.13 Å². The zero-order valence-electron chi connectivity index (χ0n) is 10.6. The lowest BCUT2D eigenvalue weighted by Crippen LogP contribution is -2.54. The molecule has 0 radical (unpaired) electrons. The van der Waals surface area contributed by atoms with Gasteiger partial charge in [0.25, 0.3) is 0 Å². The zero-order valence-corrected chi connectivity index (χ0v) is 11.5. The number of anilines is 1. The molecule has 0 saturated carbocycles. The molecular weight excluding hydrogens is 236 g/mol. The number of nitrogens with zero attached hydrogens (tertiary/aromatic N) is 3. The van der Waals surface area contributed by atoms with Crippen LogP contribution in [0.25, 0.3) is 0 Å². The number of hydrogen-bond donors (Lipinski definition) is 1. The molecule has 1 aliphatic heterocycles. The van der Waals surface area contributed by atoms with Crippen molar-refractivity contribution in [2.24, 2.45) is 5.73 Å². The summed E-state index contributed by atoms with van der Waals surface area (Å²) in [6.45, 7) is 8.42. The minimum Gasteiger partial charge on any atom is -0.367 e. The van der Waals surface area contributed by atoms with Gasteiger partial charge in [-0.25, -0.2) is 4.98 Å². The van der Waals surface area contributed by atoms with E-state index in [0.29, 0.717) is 6.54 Å². The van der Waals surface area contributed by atoms with E-state index in [1.807, 2.05) is 0 Å². The van der Waals surface area contributed by atoms with Gasteiger partial charge in [0, 0.05) is 37.6 Å². The monoisotopic (exact) mass is 256 g/mol. The lowest BCUT2D eigenvalue weighted by molar-refractivity contribution is -0.0788. The van der Waals surface area contributed by atoms with Crippen molar-refractivity contribution in [2.75, 3.05) is 24.5 Å². The summed E-state index contributed by atoms with van der Waals surface area (Å²) in [5, 5.41) is 0.983. The van der Waals surface area contributed by atoms with E-state index < -0.39 is 0 Å². The summed E-state index contributed by atoms with van der Waals surface area (Å²) in [5.74, 6) is 0.915. The van der Waals surface area contributed by atoms with Crippen molar-refractivity contribution in [3.05, 3.63) is 5.82 Å². The largest absolute Gasteiger partial charge is 0.367 e. The molecule has 1 saturated heterocycles. The van der Waals surface area contributed by atoms with Gasteiger partial charge in [0.05, 0.1) is 11.7 Å². The minimum absolute atomic E-state index is 0.0766. The van der Waals surface area contributed by atoms with Gasteiger partial charge < -0.3 is 15.4 Å². The Bertz CT molecular complexity index is 379. The molecule has 17 heavy (non-hydrogen) atoms. The highest BCUT2D eigenvalue weighted by Crippen LogP contribution is 2.26.